The molecule has 3 nitrogen and oxygen atoms in total. The van der Waals surface area contributed by atoms with Crippen molar-refractivity contribution < 1.29 is 15.0 Å². The zero-order valence-corrected chi connectivity index (χ0v) is 22.5. The van der Waals surface area contributed by atoms with Crippen molar-refractivity contribution in [2.24, 2.45) is 0 Å². The van der Waals surface area contributed by atoms with Crippen LogP contribution in [-0.2, 0) is 4.79 Å². The van der Waals surface area contributed by atoms with Gasteiger partial charge in [0.1, 0.15) is 0 Å². The summed E-state index contributed by atoms with van der Waals surface area (Å²) >= 11 is 0. The third-order valence-corrected chi connectivity index (χ3v) is 7.07. The molecule has 0 rings (SSSR count). The van der Waals surface area contributed by atoms with Crippen molar-refractivity contribution >= 4 is 5.97 Å². The maximum atomic E-state index is 10.4. The number of carbonyl (C=O) groups is 1. The summed E-state index contributed by atoms with van der Waals surface area (Å²) in [7, 11) is 0. The number of unbranched alkanes of at least 4 members (excludes halogenated alkanes) is 22. The van der Waals surface area contributed by atoms with E-state index in [4.69, 9.17) is 5.11 Å². The molecule has 0 aliphatic heterocycles. The normalized spacial score (nSPS) is 12.3. The zero-order valence-electron chi connectivity index (χ0n) is 22.5. The molecule has 1 atom stereocenters. The minimum absolute atomic E-state index is 0.0758. The van der Waals surface area contributed by atoms with E-state index in [9.17, 15) is 9.90 Å². The molecule has 0 saturated carbocycles. The smallest absolute Gasteiger partial charge is 0.303 e. The molecule has 0 saturated heterocycles. The Labute approximate surface area is 207 Å². The molecule has 0 fully saturated rings. The third-order valence-electron chi connectivity index (χ3n) is 7.07. The van der Waals surface area contributed by atoms with Gasteiger partial charge in [0.05, 0.1) is 6.10 Å². The molecule has 0 heterocycles. The first kappa shape index (κ1) is 32.4. The van der Waals surface area contributed by atoms with Crippen molar-refractivity contribution in [1.29, 1.82) is 0 Å². The zero-order chi connectivity index (χ0) is 24.2. The number of aliphatic hydroxyl groups excluding tert-OH is 1. The molecule has 0 bridgehead atoms. The highest BCUT2D eigenvalue weighted by molar-refractivity contribution is 5.66. The van der Waals surface area contributed by atoms with Gasteiger partial charge in [-0.1, -0.05) is 155 Å². The predicted octanol–water partition coefficient (Wildman–Crippen LogP) is 9.98. The quantitative estimate of drug-likeness (QED) is 0.112. The molecule has 33 heavy (non-hydrogen) atoms. The van der Waals surface area contributed by atoms with E-state index < -0.39 is 5.97 Å². The van der Waals surface area contributed by atoms with Crippen LogP contribution < -0.4 is 0 Å². The van der Waals surface area contributed by atoms with Crippen LogP contribution in [0.1, 0.15) is 180 Å². The van der Waals surface area contributed by atoms with E-state index in [1.807, 2.05) is 0 Å². The standard InChI is InChI=1S/C30H60O3/c1-2-3-4-5-6-7-8-9-10-11-14-17-20-23-26-29(31)27-24-21-18-15-12-13-16-19-22-25-28-30(32)33/h29,31H,2-28H2,1H3,(H,32,33). The Hall–Kier alpha value is -0.570. The second-order valence-electron chi connectivity index (χ2n) is 10.5. The fourth-order valence-corrected chi connectivity index (χ4v) is 4.79. The molecular formula is C30H60O3. The van der Waals surface area contributed by atoms with E-state index in [0.29, 0.717) is 6.42 Å². The molecule has 0 amide bonds. The number of carboxylic acids is 1. The molecule has 0 spiro atoms. The molecule has 0 radical (unpaired) electrons. The summed E-state index contributed by atoms with van der Waals surface area (Å²) in [5.41, 5.74) is 0. The largest absolute Gasteiger partial charge is 0.481 e. The Morgan fingerprint density at radius 2 is 0.758 bits per heavy atom. The van der Waals surface area contributed by atoms with Crippen LogP contribution >= 0.6 is 0 Å². The number of carboxylic acid groups (broad SMARTS) is 1. The summed E-state index contributed by atoms with van der Waals surface area (Å²) in [4.78, 5) is 10.4. The topological polar surface area (TPSA) is 57.5 Å². The molecule has 198 valence electrons. The van der Waals surface area contributed by atoms with Crippen LogP contribution in [0.25, 0.3) is 0 Å². The molecule has 0 aliphatic rings. The number of aliphatic hydroxyl groups is 1. The van der Waals surface area contributed by atoms with Gasteiger partial charge in [-0.3, -0.25) is 4.79 Å². The molecule has 2 N–H and O–H groups in total. The van der Waals surface area contributed by atoms with Gasteiger partial charge in [0.15, 0.2) is 0 Å². The number of hydrogen-bond donors (Lipinski definition) is 2. The second kappa shape index (κ2) is 27.7. The molecule has 1 unspecified atom stereocenters. The number of aliphatic carboxylic acids is 1. The van der Waals surface area contributed by atoms with Crippen molar-refractivity contribution in [3.05, 3.63) is 0 Å². The molecule has 0 aliphatic carbocycles. The molecule has 0 aromatic heterocycles. The minimum atomic E-state index is -0.667. The van der Waals surface area contributed by atoms with Crippen molar-refractivity contribution in [3.63, 3.8) is 0 Å². The van der Waals surface area contributed by atoms with Crippen LogP contribution in [0.5, 0.6) is 0 Å². The Balaban J connectivity index is 3.15. The maximum absolute atomic E-state index is 10.4. The van der Waals surface area contributed by atoms with Crippen molar-refractivity contribution in [2.75, 3.05) is 0 Å². The Kier molecular flexibility index (Phi) is 27.2. The monoisotopic (exact) mass is 468 g/mol. The van der Waals surface area contributed by atoms with Gasteiger partial charge in [-0.25, -0.2) is 0 Å². The Bertz CT molecular complexity index is 383. The van der Waals surface area contributed by atoms with Crippen LogP contribution in [0.3, 0.4) is 0 Å². The van der Waals surface area contributed by atoms with Gasteiger partial charge in [-0.15, -0.1) is 0 Å². The van der Waals surface area contributed by atoms with Crippen LogP contribution in [0.2, 0.25) is 0 Å². The summed E-state index contributed by atoms with van der Waals surface area (Å²) in [6.45, 7) is 2.28. The van der Waals surface area contributed by atoms with Gasteiger partial charge in [0.25, 0.3) is 0 Å². The van der Waals surface area contributed by atoms with Gasteiger partial charge in [-0.2, -0.15) is 0 Å². The van der Waals surface area contributed by atoms with Crippen molar-refractivity contribution in [3.8, 4) is 0 Å². The maximum Gasteiger partial charge on any atom is 0.303 e. The van der Waals surface area contributed by atoms with Crippen LogP contribution in [-0.4, -0.2) is 22.3 Å². The van der Waals surface area contributed by atoms with E-state index in [1.54, 1.807) is 0 Å². The highest BCUT2D eigenvalue weighted by atomic mass is 16.4. The number of hydrogen-bond acceptors (Lipinski definition) is 2. The van der Waals surface area contributed by atoms with Gasteiger partial charge >= 0.3 is 5.97 Å². The fraction of sp³-hybridized carbons (Fsp3) is 0.967. The highest BCUT2D eigenvalue weighted by Gasteiger charge is 2.04. The van der Waals surface area contributed by atoms with E-state index in [1.165, 1.54) is 141 Å². The third kappa shape index (κ3) is 29.4. The molecule has 0 aromatic carbocycles. The first-order valence-electron chi connectivity index (χ1n) is 15.1. The predicted molar refractivity (Wildman–Crippen MR) is 144 cm³/mol. The van der Waals surface area contributed by atoms with Gasteiger partial charge < -0.3 is 10.2 Å². The van der Waals surface area contributed by atoms with Gasteiger partial charge in [-0.05, 0) is 19.3 Å². The summed E-state index contributed by atoms with van der Waals surface area (Å²) in [5.74, 6) is -0.667. The second-order valence-corrected chi connectivity index (χ2v) is 10.5. The SMILES string of the molecule is CCCCCCCCCCCCCCCCC(O)CCCCCCCCCCCCC(=O)O. The minimum Gasteiger partial charge on any atom is -0.481 e. The first-order chi connectivity index (χ1) is 16.2. The fourth-order valence-electron chi connectivity index (χ4n) is 4.79. The van der Waals surface area contributed by atoms with E-state index in [0.717, 1.165) is 25.7 Å². The molecule has 3 heteroatoms. The lowest BCUT2D eigenvalue weighted by molar-refractivity contribution is -0.137. The Morgan fingerprint density at radius 3 is 1.06 bits per heavy atom. The van der Waals surface area contributed by atoms with Crippen molar-refractivity contribution in [1.82, 2.24) is 0 Å². The summed E-state index contributed by atoms with van der Waals surface area (Å²) < 4.78 is 0. The number of rotatable bonds is 28. The summed E-state index contributed by atoms with van der Waals surface area (Å²) in [6.07, 6.45) is 33.6. The highest BCUT2D eigenvalue weighted by Crippen LogP contribution is 2.16. The van der Waals surface area contributed by atoms with E-state index >= 15 is 0 Å². The average molecular weight is 469 g/mol. The first-order valence-corrected chi connectivity index (χ1v) is 15.1. The lowest BCUT2D eigenvalue weighted by Gasteiger charge is -2.10. The Morgan fingerprint density at radius 1 is 0.485 bits per heavy atom. The molecule has 0 aromatic rings. The molecular weight excluding hydrogens is 408 g/mol. The summed E-state index contributed by atoms with van der Waals surface area (Å²) in [6, 6.07) is 0. The van der Waals surface area contributed by atoms with E-state index in [2.05, 4.69) is 6.92 Å². The average Bonchev–Trinajstić information content (AvgIpc) is 2.79. The lowest BCUT2D eigenvalue weighted by Crippen LogP contribution is -2.05. The lowest BCUT2D eigenvalue weighted by atomic mass is 10.0. The van der Waals surface area contributed by atoms with E-state index in [-0.39, 0.29) is 6.10 Å². The summed E-state index contributed by atoms with van der Waals surface area (Å²) in [5, 5.41) is 18.8. The van der Waals surface area contributed by atoms with Crippen LogP contribution in [0.15, 0.2) is 0 Å². The van der Waals surface area contributed by atoms with Crippen LogP contribution in [0.4, 0.5) is 0 Å². The van der Waals surface area contributed by atoms with Gasteiger partial charge in [0.2, 0.25) is 0 Å². The van der Waals surface area contributed by atoms with Crippen LogP contribution in [0, 0.1) is 0 Å². The van der Waals surface area contributed by atoms with Crippen molar-refractivity contribution in [2.45, 2.75) is 186 Å². The van der Waals surface area contributed by atoms with Gasteiger partial charge in [0, 0.05) is 6.42 Å².